The van der Waals surface area contributed by atoms with Gasteiger partial charge in [-0.3, -0.25) is 0 Å². The van der Waals surface area contributed by atoms with E-state index in [2.05, 4.69) is 23.1 Å². The Bertz CT molecular complexity index is 457. The number of hydrogen-bond acceptors (Lipinski definition) is 2. The fourth-order valence-corrected chi connectivity index (χ4v) is 1.71. The fourth-order valence-electron chi connectivity index (χ4n) is 1.71. The molecule has 2 aliphatic heterocycles. The number of allylic oxidation sites excluding steroid dienone is 1. The van der Waals surface area contributed by atoms with Gasteiger partial charge in [-0.25, -0.2) is 0 Å². The molecule has 2 nitrogen and oxygen atoms in total. The Balaban J connectivity index is 2.19. The molecular formula is C12H9NO. The van der Waals surface area contributed by atoms with Crippen molar-refractivity contribution in [1.29, 1.82) is 0 Å². The maximum absolute atomic E-state index is 5.12. The Hall–Kier alpha value is -1.96. The van der Waals surface area contributed by atoms with E-state index in [1.54, 1.807) is 12.5 Å². The highest BCUT2D eigenvalue weighted by molar-refractivity contribution is 5.77. The lowest BCUT2D eigenvalue weighted by molar-refractivity contribution is 0.389. The zero-order valence-corrected chi connectivity index (χ0v) is 7.55. The average Bonchev–Trinajstić information content (AvgIpc) is 2.29. The summed E-state index contributed by atoms with van der Waals surface area (Å²) in [6.45, 7) is 0. The molecule has 14 heavy (non-hydrogen) atoms. The highest BCUT2D eigenvalue weighted by Crippen LogP contribution is 2.31. The van der Waals surface area contributed by atoms with Crippen molar-refractivity contribution in [3.8, 4) is 0 Å². The van der Waals surface area contributed by atoms with E-state index in [0.29, 0.717) is 0 Å². The van der Waals surface area contributed by atoms with Crippen molar-refractivity contribution in [1.82, 2.24) is 0 Å². The lowest BCUT2D eigenvalue weighted by Gasteiger charge is -2.28. The molecule has 0 bridgehead atoms. The second kappa shape index (κ2) is 2.77. The van der Waals surface area contributed by atoms with Gasteiger partial charge in [-0.1, -0.05) is 24.3 Å². The maximum Gasteiger partial charge on any atom is 0.114 e. The molecule has 0 fully saturated rings. The minimum absolute atomic E-state index is 1.06. The molecule has 0 saturated heterocycles. The number of anilines is 1. The molecule has 0 amide bonds. The van der Waals surface area contributed by atoms with Crippen LogP contribution in [0, 0.1) is 0 Å². The molecule has 1 aromatic rings. The third-order valence-electron chi connectivity index (χ3n) is 2.39. The summed E-state index contributed by atoms with van der Waals surface area (Å²) in [5, 5.41) is 0. The van der Waals surface area contributed by atoms with Crippen LogP contribution < -0.4 is 4.90 Å². The van der Waals surface area contributed by atoms with Gasteiger partial charge in [0.05, 0.1) is 11.4 Å². The molecule has 2 heterocycles. The van der Waals surface area contributed by atoms with Crippen LogP contribution in [0.4, 0.5) is 5.69 Å². The predicted octanol–water partition coefficient (Wildman–Crippen LogP) is 2.86. The number of nitrogens with zero attached hydrogens (tertiary/aromatic N) is 1. The van der Waals surface area contributed by atoms with Crippen LogP contribution in [0.15, 0.2) is 54.8 Å². The van der Waals surface area contributed by atoms with Gasteiger partial charge in [0.25, 0.3) is 0 Å². The quantitative estimate of drug-likeness (QED) is 0.613. The van der Waals surface area contributed by atoms with Crippen LogP contribution in [0.3, 0.4) is 0 Å². The SMILES string of the molecule is C1=CN2C(=CO1)C=Cc1ccccc12. The Kier molecular flexibility index (Phi) is 1.47. The predicted molar refractivity (Wildman–Crippen MR) is 56.3 cm³/mol. The van der Waals surface area contributed by atoms with Gasteiger partial charge in [0.15, 0.2) is 0 Å². The van der Waals surface area contributed by atoms with Crippen molar-refractivity contribution in [2.24, 2.45) is 0 Å². The Labute approximate surface area is 82.4 Å². The highest BCUT2D eigenvalue weighted by Gasteiger charge is 2.16. The third kappa shape index (κ3) is 0.973. The molecule has 1 aromatic carbocycles. The number of hydrogen-bond donors (Lipinski definition) is 0. The van der Waals surface area contributed by atoms with E-state index in [9.17, 15) is 0 Å². The summed E-state index contributed by atoms with van der Waals surface area (Å²) in [5.74, 6) is 0. The Morgan fingerprint density at radius 3 is 3.00 bits per heavy atom. The summed E-state index contributed by atoms with van der Waals surface area (Å²) in [6.07, 6.45) is 9.50. The first kappa shape index (κ1) is 7.44. The topological polar surface area (TPSA) is 12.5 Å². The van der Waals surface area contributed by atoms with Crippen LogP contribution in [0.25, 0.3) is 6.08 Å². The van der Waals surface area contributed by atoms with E-state index in [1.807, 2.05) is 24.4 Å². The van der Waals surface area contributed by atoms with Gasteiger partial charge in [-0.05, 0) is 17.7 Å². The molecule has 2 aliphatic rings. The van der Waals surface area contributed by atoms with Gasteiger partial charge in [0.2, 0.25) is 0 Å². The fraction of sp³-hybridized carbons (Fsp3) is 0. The monoisotopic (exact) mass is 183 g/mol. The smallest absolute Gasteiger partial charge is 0.114 e. The van der Waals surface area contributed by atoms with Gasteiger partial charge < -0.3 is 9.64 Å². The summed E-state index contributed by atoms with van der Waals surface area (Å²) in [7, 11) is 0. The lowest BCUT2D eigenvalue weighted by atomic mass is 10.1. The summed E-state index contributed by atoms with van der Waals surface area (Å²) in [6, 6.07) is 8.29. The van der Waals surface area contributed by atoms with Crippen LogP contribution in [0.1, 0.15) is 5.56 Å². The van der Waals surface area contributed by atoms with Crippen LogP contribution in [-0.2, 0) is 4.74 Å². The second-order valence-corrected chi connectivity index (χ2v) is 3.23. The minimum atomic E-state index is 1.06. The normalized spacial score (nSPS) is 16.9. The summed E-state index contributed by atoms with van der Waals surface area (Å²) < 4.78 is 5.12. The molecule has 3 rings (SSSR count). The van der Waals surface area contributed by atoms with Crippen molar-refractivity contribution in [3.05, 3.63) is 60.3 Å². The number of para-hydroxylation sites is 1. The molecule has 0 spiro atoms. The minimum Gasteiger partial charge on any atom is -0.469 e. The number of fused-ring (bicyclic) bond motifs is 3. The Morgan fingerprint density at radius 2 is 2.00 bits per heavy atom. The lowest BCUT2D eigenvalue weighted by Crippen LogP contribution is -2.19. The van der Waals surface area contributed by atoms with E-state index in [1.165, 1.54) is 11.3 Å². The summed E-state index contributed by atoms with van der Waals surface area (Å²) >= 11 is 0. The van der Waals surface area contributed by atoms with Gasteiger partial charge in [-0.15, -0.1) is 0 Å². The maximum atomic E-state index is 5.12. The zero-order chi connectivity index (χ0) is 9.38. The van der Waals surface area contributed by atoms with Crippen LogP contribution in [0.2, 0.25) is 0 Å². The van der Waals surface area contributed by atoms with E-state index < -0.39 is 0 Å². The van der Waals surface area contributed by atoms with Crippen molar-refractivity contribution in [2.45, 2.75) is 0 Å². The van der Waals surface area contributed by atoms with Crippen molar-refractivity contribution in [2.75, 3.05) is 4.90 Å². The molecule has 0 aromatic heterocycles. The van der Waals surface area contributed by atoms with Crippen molar-refractivity contribution in [3.63, 3.8) is 0 Å². The Morgan fingerprint density at radius 1 is 1.07 bits per heavy atom. The first-order valence-electron chi connectivity index (χ1n) is 4.54. The zero-order valence-electron chi connectivity index (χ0n) is 7.55. The second-order valence-electron chi connectivity index (χ2n) is 3.23. The molecule has 68 valence electrons. The molecule has 0 unspecified atom stereocenters. The molecular weight excluding hydrogens is 174 g/mol. The molecule has 0 aliphatic carbocycles. The van der Waals surface area contributed by atoms with E-state index in [4.69, 9.17) is 4.74 Å². The largest absolute Gasteiger partial charge is 0.469 e. The van der Waals surface area contributed by atoms with Crippen LogP contribution in [0.5, 0.6) is 0 Å². The highest BCUT2D eigenvalue weighted by atomic mass is 16.5. The molecule has 0 radical (unpaired) electrons. The van der Waals surface area contributed by atoms with Gasteiger partial charge in [0.1, 0.15) is 12.5 Å². The standard InChI is InChI=1S/C12H9NO/c1-2-4-12-10(3-1)5-6-11-9-14-8-7-13(11)12/h1-9H. The first-order valence-corrected chi connectivity index (χ1v) is 4.54. The van der Waals surface area contributed by atoms with Gasteiger partial charge in [-0.2, -0.15) is 0 Å². The summed E-state index contributed by atoms with van der Waals surface area (Å²) in [5.41, 5.74) is 3.49. The van der Waals surface area contributed by atoms with Crippen LogP contribution in [-0.4, -0.2) is 0 Å². The van der Waals surface area contributed by atoms with Crippen LogP contribution >= 0.6 is 0 Å². The van der Waals surface area contributed by atoms with Gasteiger partial charge in [0, 0.05) is 6.20 Å². The number of ether oxygens (including phenoxy) is 1. The molecule has 2 heteroatoms. The first-order chi connectivity index (χ1) is 6.95. The van der Waals surface area contributed by atoms with Crippen molar-refractivity contribution < 1.29 is 4.74 Å². The number of rotatable bonds is 0. The average molecular weight is 183 g/mol. The molecule has 0 atom stereocenters. The molecule has 0 saturated carbocycles. The third-order valence-corrected chi connectivity index (χ3v) is 2.39. The number of benzene rings is 1. The van der Waals surface area contributed by atoms with E-state index >= 15 is 0 Å². The van der Waals surface area contributed by atoms with E-state index in [-0.39, 0.29) is 0 Å². The van der Waals surface area contributed by atoms with Gasteiger partial charge >= 0.3 is 0 Å². The molecule has 0 N–H and O–H groups in total. The van der Waals surface area contributed by atoms with E-state index in [0.717, 1.165) is 5.70 Å². The van der Waals surface area contributed by atoms with Crippen molar-refractivity contribution >= 4 is 11.8 Å². The summed E-state index contributed by atoms with van der Waals surface area (Å²) in [4.78, 5) is 2.11.